The molecule has 1 aromatic carbocycles. The van der Waals surface area contributed by atoms with E-state index in [9.17, 15) is 0 Å². The Bertz CT molecular complexity index is 400. The van der Waals surface area contributed by atoms with Gasteiger partial charge < -0.3 is 5.73 Å². The summed E-state index contributed by atoms with van der Waals surface area (Å²) in [7, 11) is 0. The zero-order valence-electron chi connectivity index (χ0n) is 9.00. The number of nitrogen functional groups attached to an aromatic ring is 1. The van der Waals surface area contributed by atoms with Crippen molar-refractivity contribution >= 4 is 33.5 Å². The topological polar surface area (TPSA) is 49.9 Å². The van der Waals surface area contributed by atoms with Gasteiger partial charge in [0.1, 0.15) is 5.84 Å². The van der Waals surface area contributed by atoms with Gasteiger partial charge in [0, 0.05) is 20.2 Å². The van der Waals surface area contributed by atoms with Crippen LogP contribution in [0.1, 0.15) is 31.2 Å². The molecule has 0 atom stereocenters. The normalized spacial score (nSPS) is 16.6. The summed E-state index contributed by atoms with van der Waals surface area (Å²) in [6.45, 7) is 0. The second kappa shape index (κ2) is 5.23. The molecule has 0 saturated heterocycles. The molecule has 86 valence electrons. The Balaban J connectivity index is 2.11. The zero-order valence-corrected chi connectivity index (χ0v) is 11.4. The molecule has 1 aliphatic rings. The van der Waals surface area contributed by atoms with Gasteiger partial charge in [-0.1, -0.05) is 12.8 Å². The van der Waals surface area contributed by atoms with Crippen LogP contribution in [0.5, 0.6) is 0 Å². The maximum Gasteiger partial charge on any atom is 0.123 e. The van der Waals surface area contributed by atoms with E-state index in [4.69, 9.17) is 11.1 Å². The molecule has 1 saturated carbocycles. The van der Waals surface area contributed by atoms with Crippen LogP contribution in [0.25, 0.3) is 0 Å². The van der Waals surface area contributed by atoms with Crippen LogP contribution in [-0.2, 0) is 0 Å². The van der Waals surface area contributed by atoms with E-state index < -0.39 is 0 Å². The first-order valence-corrected chi connectivity index (χ1v) is 7.14. The van der Waals surface area contributed by atoms with Gasteiger partial charge in [0.2, 0.25) is 0 Å². The molecular weight excluding hydrogens is 284 g/mol. The number of nitrogens with two attached hydrogens (primary N) is 1. The Kier molecular flexibility index (Phi) is 3.92. The van der Waals surface area contributed by atoms with Gasteiger partial charge in [-0.15, -0.1) is 11.8 Å². The quantitative estimate of drug-likeness (QED) is 0.659. The van der Waals surface area contributed by atoms with Crippen molar-refractivity contribution in [2.45, 2.75) is 35.8 Å². The molecule has 2 nitrogen and oxygen atoms in total. The lowest BCUT2D eigenvalue weighted by Gasteiger charge is -2.10. The molecule has 4 heteroatoms. The Hall–Kier alpha value is -0.480. The second-order valence-corrected chi connectivity index (χ2v) is 6.31. The third-order valence-corrected chi connectivity index (χ3v) is 4.82. The smallest absolute Gasteiger partial charge is 0.123 e. The van der Waals surface area contributed by atoms with E-state index in [0.717, 1.165) is 15.3 Å². The Morgan fingerprint density at radius 2 is 2.06 bits per heavy atom. The molecule has 0 unspecified atom stereocenters. The molecule has 0 heterocycles. The fourth-order valence-electron chi connectivity index (χ4n) is 1.99. The number of amidine groups is 1. The highest BCUT2D eigenvalue weighted by Crippen LogP contribution is 2.36. The van der Waals surface area contributed by atoms with Crippen LogP contribution in [0, 0.1) is 5.41 Å². The summed E-state index contributed by atoms with van der Waals surface area (Å²) >= 11 is 5.41. The average Bonchev–Trinajstić information content (AvgIpc) is 2.70. The molecule has 0 amide bonds. The lowest BCUT2D eigenvalue weighted by molar-refractivity contribution is 0.886. The van der Waals surface area contributed by atoms with E-state index in [-0.39, 0.29) is 5.84 Å². The van der Waals surface area contributed by atoms with Crippen molar-refractivity contribution in [3.63, 3.8) is 0 Å². The van der Waals surface area contributed by atoms with Crippen molar-refractivity contribution in [3.8, 4) is 0 Å². The number of nitrogens with one attached hydrogen (secondary N) is 1. The van der Waals surface area contributed by atoms with Crippen LogP contribution in [0.4, 0.5) is 0 Å². The second-order valence-electron chi connectivity index (χ2n) is 4.08. The van der Waals surface area contributed by atoms with Gasteiger partial charge >= 0.3 is 0 Å². The lowest BCUT2D eigenvalue weighted by atomic mass is 10.2. The number of rotatable bonds is 3. The van der Waals surface area contributed by atoms with Crippen molar-refractivity contribution in [1.82, 2.24) is 0 Å². The lowest BCUT2D eigenvalue weighted by Crippen LogP contribution is -2.11. The number of hydrogen-bond donors (Lipinski definition) is 2. The van der Waals surface area contributed by atoms with Gasteiger partial charge in [-0.3, -0.25) is 5.41 Å². The summed E-state index contributed by atoms with van der Waals surface area (Å²) in [5.74, 6) is 0.115. The fourth-order valence-corrected chi connectivity index (χ4v) is 4.02. The average molecular weight is 299 g/mol. The van der Waals surface area contributed by atoms with E-state index in [1.165, 1.54) is 30.6 Å². The van der Waals surface area contributed by atoms with Gasteiger partial charge in [-0.05, 0) is 47.0 Å². The SMILES string of the molecule is N=C(N)c1ccc(SC2CCCC2)cc1Br. The first-order valence-electron chi connectivity index (χ1n) is 5.47. The minimum absolute atomic E-state index is 0.115. The number of halogens is 1. The highest BCUT2D eigenvalue weighted by atomic mass is 79.9. The first-order chi connectivity index (χ1) is 7.66. The van der Waals surface area contributed by atoms with E-state index in [1.54, 1.807) is 0 Å². The monoisotopic (exact) mass is 298 g/mol. The summed E-state index contributed by atoms with van der Waals surface area (Å²) in [5.41, 5.74) is 6.25. The van der Waals surface area contributed by atoms with Crippen molar-refractivity contribution in [1.29, 1.82) is 5.41 Å². The third-order valence-electron chi connectivity index (χ3n) is 2.84. The molecule has 0 spiro atoms. The van der Waals surface area contributed by atoms with Crippen LogP contribution in [0.15, 0.2) is 27.6 Å². The van der Waals surface area contributed by atoms with Crippen LogP contribution in [0.2, 0.25) is 0 Å². The minimum Gasteiger partial charge on any atom is -0.384 e. The summed E-state index contributed by atoms with van der Waals surface area (Å²) in [6, 6.07) is 6.05. The third kappa shape index (κ3) is 2.80. The molecule has 0 bridgehead atoms. The predicted octanol–water partition coefficient (Wildman–Crippen LogP) is 3.77. The maximum absolute atomic E-state index is 7.41. The first kappa shape index (κ1) is 12.0. The molecule has 0 radical (unpaired) electrons. The highest BCUT2D eigenvalue weighted by Gasteiger charge is 2.16. The summed E-state index contributed by atoms with van der Waals surface area (Å²) in [6.07, 6.45) is 5.39. The van der Waals surface area contributed by atoms with E-state index >= 15 is 0 Å². The molecular formula is C12H15BrN2S. The standard InChI is InChI=1S/C12H15BrN2S/c13-11-7-9(5-6-10(11)12(14)15)16-8-3-1-2-4-8/h5-8H,1-4H2,(H3,14,15). The molecule has 2 rings (SSSR count). The number of benzene rings is 1. The van der Waals surface area contributed by atoms with Gasteiger partial charge in [0.25, 0.3) is 0 Å². The molecule has 3 N–H and O–H groups in total. The molecule has 0 aliphatic heterocycles. The van der Waals surface area contributed by atoms with Crippen LogP contribution >= 0.6 is 27.7 Å². The minimum atomic E-state index is 0.115. The van der Waals surface area contributed by atoms with Crippen LogP contribution in [0.3, 0.4) is 0 Å². The van der Waals surface area contributed by atoms with E-state index in [2.05, 4.69) is 28.1 Å². The molecule has 1 fully saturated rings. The molecule has 16 heavy (non-hydrogen) atoms. The summed E-state index contributed by atoms with van der Waals surface area (Å²) in [5, 5.41) is 8.18. The van der Waals surface area contributed by atoms with Crippen LogP contribution in [-0.4, -0.2) is 11.1 Å². The maximum atomic E-state index is 7.41. The summed E-state index contributed by atoms with van der Waals surface area (Å²) < 4.78 is 0.919. The molecule has 1 aromatic rings. The number of thioether (sulfide) groups is 1. The fraction of sp³-hybridized carbons (Fsp3) is 0.417. The van der Waals surface area contributed by atoms with E-state index in [0.29, 0.717) is 0 Å². The Labute approximate surface area is 109 Å². The number of hydrogen-bond acceptors (Lipinski definition) is 2. The molecule has 1 aliphatic carbocycles. The van der Waals surface area contributed by atoms with Gasteiger partial charge in [0.15, 0.2) is 0 Å². The van der Waals surface area contributed by atoms with Gasteiger partial charge in [-0.25, -0.2) is 0 Å². The van der Waals surface area contributed by atoms with Crippen molar-refractivity contribution in [2.75, 3.05) is 0 Å². The van der Waals surface area contributed by atoms with Crippen molar-refractivity contribution in [2.24, 2.45) is 5.73 Å². The van der Waals surface area contributed by atoms with Crippen molar-refractivity contribution in [3.05, 3.63) is 28.2 Å². The largest absolute Gasteiger partial charge is 0.384 e. The Morgan fingerprint density at radius 3 is 2.62 bits per heavy atom. The predicted molar refractivity (Wildman–Crippen MR) is 73.3 cm³/mol. The zero-order chi connectivity index (χ0) is 11.5. The summed E-state index contributed by atoms with van der Waals surface area (Å²) in [4.78, 5) is 1.27. The van der Waals surface area contributed by atoms with Crippen molar-refractivity contribution < 1.29 is 0 Å². The van der Waals surface area contributed by atoms with Crippen LogP contribution < -0.4 is 5.73 Å². The van der Waals surface area contributed by atoms with Gasteiger partial charge in [-0.2, -0.15) is 0 Å². The van der Waals surface area contributed by atoms with Gasteiger partial charge in [0.05, 0.1) is 0 Å². The Morgan fingerprint density at radius 1 is 1.38 bits per heavy atom. The highest BCUT2D eigenvalue weighted by molar-refractivity contribution is 9.10. The van der Waals surface area contributed by atoms with E-state index in [1.807, 2.05) is 17.8 Å². The molecule has 0 aromatic heterocycles.